The predicted octanol–water partition coefficient (Wildman–Crippen LogP) is 4.40. The molecule has 0 amide bonds. The minimum absolute atomic E-state index is 0.0995. The number of carbonyl (C=O) groups excluding carboxylic acids is 1. The second-order valence-corrected chi connectivity index (χ2v) is 10.5. The van der Waals surface area contributed by atoms with Crippen LogP contribution in [0.4, 0.5) is 0 Å². The summed E-state index contributed by atoms with van der Waals surface area (Å²) in [5.74, 6) is 2.57. The summed E-state index contributed by atoms with van der Waals surface area (Å²) in [6, 6.07) is 0. The maximum Gasteiger partial charge on any atom is 0.302 e. The fraction of sp³-hybridized carbons (Fsp3) is 0.913. The molecular weight excluding hydrogens is 354 g/mol. The van der Waals surface area contributed by atoms with Gasteiger partial charge in [0.2, 0.25) is 0 Å². The molecule has 158 valence electrons. The molecule has 0 bridgehead atoms. The van der Waals surface area contributed by atoms with E-state index < -0.39 is 0 Å². The van der Waals surface area contributed by atoms with Crippen molar-refractivity contribution in [1.82, 2.24) is 0 Å². The first-order chi connectivity index (χ1) is 13.3. The molecule has 0 aromatic heterocycles. The molecule has 5 nitrogen and oxygen atoms in total. The van der Waals surface area contributed by atoms with Crippen molar-refractivity contribution >= 4 is 12.2 Å². The van der Waals surface area contributed by atoms with Gasteiger partial charge in [-0.3, -0.25) is 4.79 Å². The number of aliphatic hydroxyl groups excluding tert-OH is 1. The number of carbonyl (C=O) groups is 1. The van der Waals surface area contributed by atoms with Gasteiger partial charge in [0.05, 0.1) is 12.3 Å². The van der Waals surface area contributed by atoms with Gasteiger partial charge in [-0.15, -0.1) is 5.16 Å². The number of nitrogens with zero attached hydrogens (tertiary/aromatic N) is 1. The molecule has 9 atom stereocenters. The Kier molecular flexibility index (Phi) is 5.26. The average molecular weight is 392 g/mol. The Morgan fingerprint density at radius 3 is 2.61 bits per heavy atom. The summed E-state index contributed by atoms with van der Waals surface area (Å²) < 4.78 is 5.57. The van der Waals surface area contributed by atoms with Crippen LogP contribution in [0.1, 0.15) is 78.6 Å². The average Bonchev–Trinajstić information content (AvgIpc) is 3.01. The van der Waals surface area contributed by atoms with Gasteiger partial charge < -0.3 is 15.1 Å². The molecule has 28 heavy (non-hydrogen) atoms. The van der Waals surface area contributed by atoms with E-state index in [0.29, 0.717) is 29.1 Å². The molecular formula is C23H37NO4. The van der Waals surface area contributed by atoms with E-state index in [4.69, 9.17) is 4.74 Å². The first-order valence-corrected chi connectivity index (χ1v) is 11.4. The Balaban J connectivity index is 1.57. The summed E-state index contributed by atoms with van der Waals surface area (Å²) in [6.07, 6.45) is 11.5. The summed E-state index contributed by atoms with van der Waals surface area (Å²) >= 11 is 0. The molecule has 4 rings (SSSR count). The fourth-order valence-corrected chi connectivity index (χ4v) is 8.38. The third-order valence-electron chi connectivity index (χ3n) is 9.48. The van der Waals surface area contributed by atoms with Crippen LogP contribution in [0, 0.1) is 40.4 Å². The second-order valence-electron chi connectivity index (χ2n) is 10.5. The highest BCUT2D eigenvalue weighted by Crippen LogP contribution is 2.67. The van der Waals surface area contributed by atoms with Crippen LogP contribution >= 0.6 is 0 Å². The van der Waals surface area contributed by atoms with E-state index in [1.807, 2.05) is 6.92 Å². The molecule has 0 aromatic rings. The van der Waals surface area contributed by atoms with Crippen molar-refractivity contribution in [3.63, 3.8) is 0 Å². The molecule has 0 aliphatic heterocycles. The van der Waals surface area contributed by atoms with E-state index in [-0.39, 0.29) is 29.5 Å². The van der Waals surface area contributed by atoms with Gasteiger partial charge in [-0.2, -0.15) is 0 Å². The molecule has 4 fully saturated rings. The van der Waals surface area contributed by atoms with Crippen LogP contribution in [-0.4, -0.2) is 34.7 Å². The summed E-state index contributed by atoms with van der Waals surface area (Å²) in [7, 11) is 0. The van der Waals surface area contributed by atoms with Gasteiger partial charge >= 0.3 is 5.97 Å². The lowest BCUT2D eigenvalue weighted by atomic mass is 9.44. The molecule has 0 heterocycles. The highest BCUT2D eigenvalue weighted by atomic mass is 16.5. The van der Waals surface area contributed by atoms with E-state index in [1.165, 1.54) is 19.8 Å². The van der Waals surface area contributed by atoms with Crippen LogP contribution in [0.3, 0.4) is 0 Å². The number of aliphatic hydroxyl groups is 1. The minimum atomic E-state index is -0.356. The Bertz CT molecular complexity index is 634. The van der Waals surface area contributed by atoms with Crippen LogP contribution in [-0.2, 0) is 9.53 Å². The first-order valence-electron chi connectivity index (χ1n) is 11.4. The summed E-state index contributed by atoms with van der Waals surface area (Å²) in [4.78, 5) is 11.4. The maximum atomic E-state index is 11.4. The highest BCUT2D eigenvalue weighted by molar-refractivity contribution is 5.67. The Morgan fingerprint density at radius 1 is 1.14 bits per heavy atom. The number of hydrogen-bond acceptors (Lipinski definition) is 5. The number of hydrogen-bond donors (Lipinski definition) is 2. The van der Waals surface area contributed by atoms with E-state index in [0.717, 1.165) is 44.9 Å². The Hall–Kier alpha value is -1.10. The maximum absolute atomic E-state index is 11.4. The number of fused-ring (bicyclic) bond motifs is 5. The van der Waals surface area contributed by atoms with Gasteiger partial charge in [0.25, 0.3) is 0 Å². The van der Waals surface area contributed by atoms with Gasteiger partial charge in [-0.25, -0.2) is 0 Å². The monoisotopic (exact) mass is 391 g/mol. The Labute approximate surface area is 168 Å². The van der Waals surface area contributed by atoms with Crippen molar-refractivity contribution in [1.29, 1.82) is 0 Å². The van der Waals surface area contributed by atoms with Crippen molar-refractivity contribution in [3.8, 4) is 0 Å². The van der Waals surface area contributed by atoms with Gasteiger partial charge in [-0.1, -0.05) is 6.92 Å². The second kappa shape index (κ2) is 7.30. The van der Waals surface area contributed by atoms with Crippen molar-refractivity contribution in [3.05, 3.63) is 0 Å². The quantitative estimate of drug-likeness (QED) is 0.323. The lowest BCUT2D eigenvalue weighted by Gasteiger charge is -2.61. The third-order valence-corrected chi connectivity index (χ3v) is 9.48. The lowest BCUT2D eigenvalue weighted by Crippen LogP contribution is -2.55. The summed E-state index contributed by atoms with van der Waals surface area (Å²) in [6.45, 7) is 5.92. The van der Waals surface area contributed by atoms with Crippen LogP contribution in [0.15, 0.2) is 5.16 Å². The first kappa shape index (κ1) is 20.2. The van der Waals surface area contributed by atoms with Crippen molar-refractivity contribution < 1.29 is 19.8 Å². The third kappa shape index (κ3) is 3.00. The van der Waals surface area contributed by atoms with Crippen molar-refractivity contribution in [2.45, 2.75) is 90.8 Å². The molecule has 4 saturated carbocycles. The number of oxime groups is 1. The minimum Gasteiger partial charge on any atom is -0.463 e. The molecule has 4 aliphatic carbocycles. The van der Waals surface area contributed by atoms with Crippen LogP contribution in [0.2, 0.25) is 0 Å². The number of esters is 1. The molecule has 0 radical (unpaired) electrons. The van der Waals surface area contributed by atoms with E-state index in [2.05, 4.69) is 12.1 Å². The number of rotatable bonds is 3. The Morgan fingerprint density at radius 2 is 1.93 bits per heavy atom. The van der Waals surface area contributed by atoms with E-state index in [1.54, 1.807) is 6.21 Å². The van der Waals surface area contributed by atoms with E-state index in [9.17, 15) is 15.1 Å². The smallest absolute Gasteiger partial charge is 0.302 e. The van der Waals surface area contributed by atoms with Crippen LogP contribution in [0.25, 0.3) is 0 Å². The molecule has 0 saturated heterocycles. The zero-order chi connectivity index (χ0) is 20.1. The van der Waals surface area contributed by atoms with Crippen molar-refractivity contribution in [2.24, 2.45) is 45.6 Å². The number of ether oxygens (including phenoxy) is 1. The fourth-order valence-electron chi connectivity index (χ4n) is 8.38. The molecule has 4 aliphatic rings. The zero-order valence-electron chi connectivity index (χ0n) is 17.6. The summed E-state index contributed by atoms with van der Waals surface area (Å²) in [5.41, 5.74) is 0.188. The van der Waals surface area contributed by atoms with Gasteiger partial charge in [0.15, 0.2) is 0 Å². The SMILES string of the molecule is CC(=O)O[C@H]1CC[C@]2(C)C3CC[C@]4(/C=N\O)[C@@H](C(C)O)CC[C@H]4C3CC[C@H]2C1. The van der Waals surface area contributed by atoms with Crippen molar-refractivity contribution in [2.75, 3.05) is 0 Å². The molecule has 0 spiro atoms. The largest absolute Gasteiger partial charge is 0.463 e. The van der Waals surface area contributed by atoms with Gasteiger partial charge in [-0.05, 0) is 99.7 Å². The molecule has 3 unspecified atom stereocenters. The van der Waals surface area contributed by atoms with Gasteiger partial charge in [0, 0.05) is 12.3 Å². The van der Waals surface area contributed by atoms with E-state index >= 15 is 0 Å². The highest BCUT2D eigenvalue weighted by Gasteiger charge is 2.62. The molecule has 0 aromatic carbocycles. The molecule has 2 N–H and O–H groups in total. The summed E-state index contributed by atoms with van der Waals surface area (Å²) in [5, 5.41) is 23.4. The van der Waals surface area contributed by atoms with Gasteiger partial charge in [0.1, 0.15) is 6.10 Å². The van der Waals surface area contributed by atoms with Crippen LogP contribution < -0.4 is 0 Å². The standard InChI is InChI=1S/C23H37NO4/c1-14(25)19-6-7-21-18-5-4-16-12-17(28-15(2)26)8-10-22(16,3)20(18)9-11-23(19,21)13-24-27/h13-14,16-21,25,27H,4-12H2,1-3H3/b24-13-/t14?,16-,17-,18?,19+,20?,21-,22-,23-/m0/s1. The normalized spacial score (nSPS) is 49.1. The predicted molar refractivity (Wildman–Crippen MR) is 107 cm³/mol. The zero-order valence-corrected chi connectivity index (χ0v) is 17.6. The lowest BCUT2D eigenvalue weighted by molar-refractivity contribution is -0.159. The topological polar surface area (TPSA) is 79.1 Å². The molecule has 5 heteroatoms. The van der Waals surface area contributed by atoms with Crippen LogP contribution in [0.5, 0.6) is 0 Å².